The first kappa shape index (κ1) is 9.40. The Morgan fingerprint density at radius 2 is 2.23 bits per heavy atom. The third kappa shape index (κ3) is 1.91. The molecule has 0 aromatic carbocycles. The Bertz CT molecular complexity index is 382. The van der Waals surface area contributed by atoms with Gasteiger partial charge in [-0.15, -0.1) is 0 Å². The molecule has 0 saturated carbocycles. The molecule has 1 rings (SSSR count). The molecule has 6 heteroatoms. The van der Waals surface area contributed by atoms with Gasteiger partial charge in [-0.25, -0.2) is 4.79 Å². The third-order valence-electron chi connectivity index (χ3n) is 1.33. The molecule has 0 atom stereocenters. The molecule has 0 aliphatic carbocycles. The van der Waals surface area contributed by atoms with E-state index in [2.05, 4.69) is 6.58 Å². The molecule has 0 radical (unpaired) electrons. The molecule has 0 spiro atoms. The van der Waals surface area contributed by atoms with Gasteiger partial charge in [0.15, 0.2) is 0 Å². The zero-order valence-corrected chi connectivity index (χ0v) is 7.21. The maximum Gasteiger partial charge on any atom is 0.336 e. The lowest BCUT2D eigenvalue weighted by Crippen LogP contribution is -1.95. The van der Waals surface area contributed by atoms with Crippen molar-refractivity contribution in [3.8, 4) is 0 Å². The molecular formula is C7H5NO4S. The summed E-state index contributed by atoms with van der Waals surface area (Å²) in [4.78, 5) is 20.4. The van der Waals surface area contributed by atoms with Crippen LogP contribution in [-0.2, 0) is 4.79 Å². The topological polar surface area (TPSA) is 80.4 Å². The zero-order valence-electron chi connectivity index (χ0n) is 6.39. The minimum Gasteiger partial charge on any atom is -0.478 e. The van der Waals surface area contributed by atoms with E-state index in [-0.39, 0.29) is 10.6 Å². The summed E-state index contributed by atoms with van der Waals surface area (Å²) < 4.78 is 0. The number of rotatable bonds is 3. The molecule has 0 amide bonds. The number of carboxylic acids is 1. The van der Waals surface area contributed by atoms with Crippen molar-refractivity contribution in [1.82, 2.24) is 0 Å². The van der Waals surface area contributed by atoms with Crippen LogP contribution in [0.5, 0.6) is 0 Å². The fourth-order valence-corrected chi connectivity index (χ4v) is 1.48. The third-order valence-corrected chi connectivity index (χ3v) is 2.42. The van der Waals surface area contributed by atoms with Crippen LogP contribution in [0.3, 0.4) is 0 Å². The Morgan fingerprint density at radius 3 is 2.62 bits per heavy atom. The summed E-state index contributed by atoms with van der Waals surface area (Å²) >= 11 is 0.798. The van der Waals surface area contributed by atoms with Gasteiger partial charge >= 0.3 is 11.0 Å². The lowest BCUT2D eigenvalue weighted by Gasteiger charge is -1.91. The first-order valence-electron chi connectivity index (χ1n) is 3.19. The van der Waals surface area contributed by atoms with Gasteiger partial charge in [0.1, 0.15) is 0 Å². The summed E-state index contributed by atoms with van der Waals surface area (Å²) in [6.07, 6.45) is 0. The van der Waals surface area contributed by atoms with Crippen LogP contribution in [-0.4, -0.2) is 16.0 Å². The van der Waals surface area contributed by atoms with Gasteiger partial charge in [0.25, 0.3) is 0 Å². The second kappa shape index (κ2) is 3.36. The van der Waals surface area contributed by atoms with E-state index >= 15 is 0 Å². The number of aliphatic carboxylic acids is 1. The molecule has 1 aromatic heterocycles. The van der Waals surface area contributed by atoms with Crippen molar-refractivity contribution in [3.05, 3.63) is 33.7 Å². The first-order valence-corrected chi connectivity index (χ1v) is 4.01. The van der Waals surface area contributed by atoms with E-state index < -0.39 is 10.9 Å². The monoisotopic (exact) mass is 199 g/mol. The zero-order chi connectivity index (χ0) is 10.0. The van der Waals surface area contributed by atoms with Gasteiger partial charge in [-0.05, 0) is 6.07 Å². The molecule has 5 nitrogen and oxygen atoms in total. The van der Waals surface area contributed by atoms with E-state index in [1.54, 1.807) is 0 Å². The van der Waals surface area contributed by atoms with Gasteiger partial charge < -0.3 is 5.11 Å². The van der Waals surface area contributed by atoms with Crippen LogP contribution in [0.25, 0.3) is 5.57 Å². The van der Waals surface area contributed by atoms with Crippen LogP contribution < -0.4 is 0 Å². The summed E-state index contributed by atoms with van der Waals surface area (Å²) in [5.74, 6) is -1.17. The molecule has 1 aromatic rings. The highest BCUT2D eigenvalue weighted by atomic mass is 32.1. The highest BCUT2D eigenvalue weighted by molar-refractivity contribution is 7.16. The summed E-state index contributed by atoms with van der Waals surface area (Å²) in [6, 6.07) is 2.63. The molecule has 0 bridgehead atoms. The van der Waals surface area contributed by atoms with Crippen LogP contribution in [0.1, 0.15) is 4.88 Å². The van der Waals surface area contributed by atoms with Crippen LogP contribution in [0.2, 0.25) is 0 Å². The lowest BCUT2D eigenvalue weighted by molar-refractivity contribution is -0.380. The number of thiophene rings is 1. The highest BCUT2D eigenvalue weighted by Crippen LogP contribution is 2.28. The minimum absolute atomic E-state index is 0.0857. The molecule has 1 N–H and O–H groups in total. The fraction of sp³-hybridized carbons (Fsp3) is 0. The number of carbonyl (C=O) groups is 1. The summed E-state index contributed by atoms with van der Waals surface area (Å²) in [5, 5.41) is 18.7. The lowest BCUT2D eigenvalue weighted by atomic mass is 10.2. The molecule has 1 heterocycles. The van der Waals surface area contributed by atoms with Crippen molar-refractivity contribution in [3.63, 3.8) is 0 Å². The Labute approximate surface area is 77.1 Å². The fourth-order valence-electron chi connectivity index (χ4n) is 0.693. The molecule has 0 unspecified atom stereocenters. The maximum atomic E-state index is 10.4. The predicted octanol–water partition coefficient (Wildman–Crippen LogP) is 1.75. The Kier molecular flexibility index (Phi) is 2.43. The normalized spacial score (nSPS) is 9.54. The van der Waals surface area contributed by atoms with Gasteiger partial charge in [0.05, 0.1) is 10.5 Å². The number of nitrogens with zero attached hydrogens (tertiary/aromatic N) is 1. The van der Waals surface area contributed by atoms with Crippen molar-refractivity contribution in [2.24, 2.45) is 0 Å². The van der Waals surface area contributed by atoms with Crippen LogP contribution >= 0.6 is 11.3 Å². The van der Waals surface area contributed by atoms with E-state index in [0.29, 0.717) is 4.88 Å². The largest absolute Gasteiger partial charge is 0.478 e. The maximum absolute atomic E-state index is 10.4. The standard InChI is InChI=1S/C7H5NO4S/c1-4(7(9)10)5-2-3-6(13-5)8(11)12/h2-3H,1H2,(H,9,10). The number of nitro groups is 1. The average molecular weight is 199 g/mol. The van der Waals surface area contributed by atoms with Crippen molar-refractivity contribution < 1.29 is 14.8 Å². The summed E-state index contributed by atoms with van der Waals surface area (Å²) in [5.41, 5.74) is -0.127. The van der Waals surface area contributed by atoms with Crippen molar-refractivity contribution in [1.29, 1.82) is 0 Å². The summed E-state index contributed by atoms with van der Waals surface area (Å²) in [7, 11) is 0. The Morgan fingerprint density at radius 1 is 1.62 bits per heavy atom. The van der Waals surface area contributed by atoms with Gasteiger partial charge in [-0.1, -0.05) is 17.9 Å². The van der Waals surface area contributed by atoms with E-state index in [1.165, 1.54) is 12.1 Å². The average Bonchev–Trinajstić information content (AvgIpc) is 2.50. The summed E-state index contributed by atoms with van der Waals surface area (Å²) in [6.45, 7) is 3.29. The molecule has 0 aliphatic heterocycles. The molecule has 0 aliphatic rings. The first-order chi connectivity index (χ1) is 6.02. The van der Waals surface area contributed by atoms with Crippen LogP contribution in [0, 0.1) is 10.1 Å². The van der Waals surface area contributed by atoms with E-state index in [1.807, 2.05) is 0 Å². The van der Waals surface area contributed by atoms with Crippen molar-refractivity contribution in [2.45, 2.75) is 0 Å². The SMILES string of the molecule is C=C(C(=O)O)c1ccc([N+](=O)[O-])s1. The molecule has 13 heavy (non-hydrogen) atoms. The van der Waals surface area contributed by atoms with Gasteiger partial charge in [0.2, 0.25) is 0 Å². The Hall–Kier alpha value is -1.69. The van der Waals surface area contributed by atoms with Crippen molar-refractivity contribution in [2.75, 3.05) is 0 Å². The number of carboxylic acid groups (broad SMARTS) is 1. The Balaban J connectivity index is 2.99. The molecule has 68 valence electrons. The van der Waals surface area contributed by atoms with Gasteiger partial charge in [-0.2, -0.15) is 0 Å². The quantitative estimate of drug-likeness (QED) is 0.457. The smallest absolute Gasteiger partial charge is 0.336 e. The van der Waals surface area contributed by atoms with E-state index in [4.69, 9.17) is 5.11 Å². The van der Waals surface area contributed by atoms with Crippen LogP contribution in [0.4, 0.5) is 5.00 Å². The van der Waals surface area contributed by atoms with Crippen molar-refractivity contribution >= 4 is 27.9 Å². The molecule has 0 fully saturated rings. The van der Waals surface area contributed by atoms with Gasteiger partial charge in [0, 0.05) is 10.9 Å². The second-order valence-corrected chi connectivity index (χ2v) is 3.24. The van der Waals surface area contributed by atoms with E-state index in [9.17, 15) is 14.9 Å². The molecule has 0 saturated heterocycles. The van der Waals surface area contributed by atoms with Gasteiger partial charge in [-0.3, -0.25) is 10.1 Å². The molecular weight excluding hydrogens is 194 g/mol. The predicted molar refractivity (Wildman–Crippen MR) is 47.6 cm³/mol. The highest BCUT2D eigenvalue weighted by Gasteiger charge is 2.14. The minimum atomic E-state index is -1.17. The number of hydrogen-bond donors (Lipinski definition) is 1. The second-order valence-electron chi connectivity index (χ2n) is 2.18. The van der Waals surface area contributed by atoms with Crippen LogP contribution in [0.15, 0.2) is 18.7 Å². The van der Waals surface area contributed by atoms with E-state index in [0.717, 1.165) is 11.3 Å². The number of hydrogen-bond acceptors (Lipinski definition) is 4.